The van der Waals surface area contributed by atoms with E-state index in [2.05, 4.69) is 5.32 Å². The van der Waals surface area contributed by atoms with Crippen molar-refractivity contribution in [3.8, 4) is 0 Å². The Morgan fingerprint density at radius 3 is 2.41 bits per heavy atom. The fraction of sp³-hybridized carbons (Fsp3) is 0.227. The summed E-state index contributed by atoms with van der Waals surface area (Å²) in [5, 5.41) is 15.6. The fourth-order valence-corrected chi connectivity index (χ4v) is 3.69. The number of halogens is 1. The van der Waals surface area contributed by atoms with Gasteiger partial charge in [-0.05, 0) is 32.4 Å². The van der Waals surface area contributed by atoms with Gasteiger partial charge in [0.25, 0.3) is 5.70 Å². The Labute approximate surface area is 174 Å². The molecule has 0 radical (unpaired) electrons. The average Bonchev–Trinajstić information content (AvgIpc) is 2.68. The highest BCUT2D eigenvalue weighted by molar-refractivity contribution is 6.31. The lowest BCUT2D eigenvalue weighted by atomic mass is 9.83. The molecule has 1 aliphatic rings. The third kappa shape index (κ3) is 4.03. The molecule has 0 aliphatic carbocycles. The SMILES string of the molecule is CCOC(=O)C1=C(C)NC(c2ccc(C)cc2)=C([N+](=O)[O-])C1c1ccccc1Cl. The second-order valence-electron chi connectivity index (χ2n) is 6.72. The predicted octanol–water partition coefficient (Wildman–Crippen LogP) is 4.82. The minimum atomic E-state index is -0.963. The number of allylic oxidation sites excluding steroid dienone is 2. The highest BCUT2D eigenvalue weighted by atomic mass is 35.5. The van der Waals surface area contributed by atoms with E-state index in [4.69, 9.17) is 16.3 Å². The lowest BCUT2D eigenvalue weighted by molar-refractivity contribution is -0.428. The minimum absolute atomic E-state index is 0.143. The van der Waals surface area contributed by atoms with E-state index in [-0.39, 0.29) is 17.9 Å². The average molecular weight is 413 g/mol. The number of aryl methyl sites for hydroxylation is 1. The number of dihydropyridines is 1. The monoisotopic (exact) mass is 412 g/mol. The molecule has 3 rings (SSSR count). The molecule has 7 heteroatoms. The van der Waals surface area contributed by atoms with E-state index in [1.165, 1.54) is 0 Å². The van der Waals surface area contributed by atoms with Crippen molar-refractivity contribution >= 4 is 23.3 Å². The number of benzene rings is 2. The smallest absolute Gasteiger partial charge is 0.336 e. The second kappa shape index (κ2) is 8.49. The number of ether oxygens (including phenoxy) is 1. The van der Waals surface area contributed by atoms with Crippen LogP contribution in [0.3, 0.4) is 0 Å². The summed E-state index contributed by atoms with van der Waals surface area (Å²) in [6, 6.07) is 14.2. The van der Waals surface area contributed by atoms with Gasteiger partial charge in [0.1, 0.15) is 11.6 Å². The van der Waals surface area contributed by atoms with E-state index in [9.17, 15) is 14.9 Å². The molecular formula is C22H21ClN2O4. The predicted molar refractivity (Wildman–Crippen MR) is 112 cm³/mol. The lowest BCUT2D eigenvalue weighted by Crippen LogP contribution is -2.32. The molecule has 0 amide bonds. The Morgan fingerprint density at radius 1 is 1.17 bits per heavy atom. The van der Waals surface area contributed by atoms with Crippen molar-refractivity contribution in [2.24, 2.45) is 0 Å². The van der Waals surface area contributed by atoms with Crippen molar-refractivity contribution in [1.29, 1.82) is 0 Å². The number of esters is 1. The number of rotatable bonds is 5. The Kier molecular flexibility index (Phi) is 6.03. The van der Waals surface area contributed by atoms with Crippen molar-refractivity contribution in [1.82, 2.24) is 5.32 Å². The number of carbonyl (C=O) groups is 1. The first kappa shape index (κ1) is 20.6. The maximum Gasteiger partial charge on any atom is 0.336 e. The first-order valence-corrected chi connectivity index (χ1v) is 9.57. The molecule has 0 aromatic heterocycles. The van der Waals surface area contributed by atoms with Gasteiger partial charge < -0.3 is 10.1 Å². The molecule has 1 heterocycles. The second-order valence-corrected chi connectivity index (χ2v) is 7.13. The lowest BCUT2D eigenvalue weighted by Gasteiger charge is -2.28. The molecule has 1 N–H and O–H groups in total. The summed E-state index contributed by atoms with van der Waals surface area (Å²) in [7, 11) is 0. The summed E-state index contributed by atoms with van der Waals surface area (Å²) in [6.45, 7) is 5.50. The standard InChI is InChI=1S/C22H21ClN2O4/c1-4-29-22(26)18-14(3)24-20(15-11-9-13(2)10-12-15)21(25(27)28)19(18)16-7-5-6-8-17(16)23/h5-12,19,24H,4H2,1-3H3. The van der Waals surface area contributed by atoms with Crippen LogP contribution in [-0.4, -0.2) is 17.5 Å². The van der Waals surface area contributed by atoms with Crippen LogP contribution in [0, 0.1) is 17.0 Å². The Morgan fingerprint density at radius 2 is 1.83 bits per heavy atom. The molecule has 0 saturated carbocycles. The van der Waals surface area contributed by atoms with E-state index >= 15 is 0 Å². The zero-order valence-electron chi connectivity index (χ0n) is 16.4. The molecule has 29 heavy (non-hydrogen) atoms. The van der Waals surface area contributed by atoms with Gasteiger partial charge in [0, 0.05) is 16.3 Å². The number of carbonyl (C=O) groups excluding carboxylic acids is 1. The van der Waals surface area contributed by atoms with Gasteiger partial charge in [-0.25, -0.2) is 4.79 Å². The maximum atomic E-state index is 12.8. The van der Waals surface area contributed by atoms with E-state index in [0.717, 1.165) is 5.56 Å². The van der Waals surface area contributed by atoms with Crippen LogP contribution in [0.5, 0.6) is 0 Å². The fourth-order valence-electron chi connectivity index (χ4n) is 3.45. The van der Waals surface area contributed by atoms with E-state index in [0.29, 0.717) is 27.5 Å². The number of hydrogen-bond donors (Lipinski definition) is 1. The molecule has 6 nitrogen and oxygen atoms in total. The van der Waals surface area contributed by atoms with Crippen LogP contribution >= 0.6 is 11.6 Å². The largest absolute Gasteiger partial charge is 0.463 e. The first-order valence-electron chi connectivity index (χ1n) is 9.20. The van der Waals surface area contributed by atoms with Gasteiger partial charge in [-0.15, -0.1) is 0 Å². The van der Waals surface area contributed by atoms with Crippen LogP contribution in [0.2, 0.25) is 5.02 Å². The molecule has 1 atom stereocenters. The first-order chi connectivity index (χ1) is 13.8. The topological polar surface area (TPSA) is 81.5 Å². The quantitative estimate of drug-likeness (QED) is 0.432. The van der Waals surface area contributed by atoms with Crippen LogP contribution in [0.4, 0.5) is 0 Å². The summed E-state index contributed by atoms with van der Waals surface area (Å²) < 4.78 is 5.20. The van der Waals surface area contributed by atoms with Crippen molar-refractivity contribution in [3.05, 3.63) is 97.3 Å². The zero-order valence-corrected chi connectivity index (χ0v) is 17.1. The van der Waals surface area contributed by atoms with Gasteiger partial charge in [0.15, 0.2) is 0 Å². The molecule has 150 valence electrons. The third-order valence-electron chi connectivity index (χ3n) is 4.78. The summed E-state index contributed by atoms with van der Waals surface area (Å²) >= 11 is 6.40. The molecule has 0 fully saturated rings. The molecule has 2 aromatic carbocycles. The molecule has 1 aliphatic heterocycles. The Hall–Kier alpha value is -3.12. The van der Waals surface area contributed by atoms with E-state index in [1.54, 1.807) is 38.1 Å². The van der Waals surface area contributed by atoms with Gasteiger partial charge in [-0.1, -0.05) is 59.6 Å². The molecule has 2 aromatic rings. The zero-order chi connectivity index (χ0) is 21.1. The van der Waals surface area contributed by atoms with Crippen molar-refractivity contribution in [3.63, 3.8) is 0 Å². The number of nitrogens with one attached hydrogen (secondary N) is 1. The minimum Gasteiger partial charge on any atom is -0.463 e. The number of nitro groups is 1. The Bertz CT molecular complexity index is 1030. The number of hydrogen-bond acceptors (Lipinski definition) is 5. The van der Waals surface area contributed by atoms with Crippen molar-refractivity contribution < 1.29 is 14.5 Å². The molecule has 0 bridgehead atoms. The van der Waals surface area contributed by atoms with Crippen LogP contribution < -0.4 is 5.32 Å². The van der Waals surface area contributed by atoms with Gasteiger partial charge in [0.05, 0.1) is 17.1 Å². The highest BCUT2D eigenvalue weighted by Crippen LogP contribution is 2.43. The van der Waals surface area contributed by atoms with Crippen molar-refractivity contribution in [2.75, 3.05) is 6.61 Å². The summed E-state index contributed by atoms with van der Waals surface area (Å²) in [5.41, 5.74) is 3.05. The molecule has 0 spiro atoms. The third-order valence-corrected chi connectivity index (χ3v) is 5.13. The van der Waals surface area contributed by atoms with Gasteiger partial charge in [-0.3, -0.25) is 10.1 Å². The van der Waals surface area contributed by atoms with Crippen molar-refractivity contribution in [2.45, 2.75) is 26.7 Å². The van der Waals surface area contributed by atoms with Crippen LogP contribution in [0.15, 0.2) is 65.5 Å². The van der Waals surface area contributed by atoms with Gasteiger partial charge in [-0.2, -0.15) is 0 Å². The van der Waals surface area contributed by atoms with E-state index < -0.39 is 16.8 Å². The normalized spacial score (nSPS) is 16.5. The molecule has 1 unspecified atom stereocenters. The van der Waals surface area contributed by atoms with Gasteiger partial charge in [0.2, 0.25) is 0 Å². The Balaban J connectivity index is 2.30. The molecular weight excluding hydrogens is 392 g/mol. The summed E-state index contributed by atoms with van der Waals surface area (Å²) in [5.74, 6) is -1.57. The number of nitrogens with zero attached hydrogens (tertiary/aromatic N) is 1. The summed E-state index contributed by atoms with van der Waals surface area (Å²) in [4.78, 5) is 24.5. The van der Waals surface area contributed by atoms with E-state index in [1.807, 2.05) is 31.2 Å². The molecule has 0 saturated heterocycles. The highest BCUT2D eigenvalue weighted by Gasteiger charge is 2.43. The van der Waals surface area contributed by atoms with Crippen LogP contribution in [0.1, 0.15) is 36.5 Å². The maximum absolute atomic E-state index is 12.8. The van der Waals surface area contributed by atoms with Crippen LogP contribution in [-0.2, 0) is 9.53 Å². The van der Waals surface area contributed by atoms with Gasteiger partial charge >= 0.3 is 5.97 Å². The van der Waals surface area contributed by atoms with Crippen LogP contribution in [0.25, 0.3) is 5.70 Å². The summed E-state index contributed by atoms with van der Waals surface area (Å²) in [6.07, 6.45) is 0.